The van der Waals surface area contributed by atoms with Crippen molar-refractivity contribution in [3.63, 3.8) is 0 Å². The normalized spacial score (nSPS) is 13.3. The minimum atomic E-state index is -2.09. The van der Waals surface area contributed by atoms with E-state index in [1.807, 2.05) is 51.1 Å². The van der Waals surface area contributed by atoms with Gasteiger partial charge in [0, 0.05) is 39.4 Å². The number of benzene rings is 5. The van der Waals surface area contributed by atoms with Crippen LogP contribution in [0.4, 0.5) is 0 Å². The Bertz CT molecular complexity index is 2230. The maximum atomic E-state index is 8.65. The van der Waals surface area contributed by atoms with Crippen LogP contribution in [0.25, 0.3) is 55.2 Å². The number of pyridine rings is 2. The molecule has 0 aliphatic rings. The van der Waals surface area contributed by atoms with Crippen molar-refractivity contribution in [1.82, 2.24) is 9.97 Å². The number of nitrogens with zero attached hydrogens (tertiary/aromatic N) is 2. The largest absolute Gasteiger partial charge is 0.305 e. The van der Waals surface area contributed by atoms with E-state index in [9.17, 15) is 0 Å². The number of aromatic nitrogens is 2. The number of rotatable bonds is 4. The van der Waals surface area contributed by atoms with Crippen molar-refractivity contribution in [3.8, 4) is 33.6 Å². The van der Waals surface area contributed by atoms with Crippen LogP contribution in [0.3, 0.4) is 0 Å². The Hall–Kier alpha value is -4.43. The molecule has 0 saturated heterocycles. The van der Waals surface area contributed by atoms with Gasteiger partial charge in [-0.15, -0.1) is 71.3 Å². The predicted octanol–water partition coefficient (Wildman–Crippen LogP) is 11.0. The number of hydrogen-bond acceptors (Lipinski definition) is 2. The van der Waals surface area contributed by atoms with Gasteiger partial charge < -0.3 is 9.97 Å². The van der Waals surface area contributed by atoms with Crippen LogP contribution in [0.1, 0.15) is 38.8 Å². The predicted molar refractivity (Wildman–Crippen MR) is 185 cm³/mol. The molecule has 0 spiro atoms. The molecule has 0 aliphatic heterocycles. The Morgan fingerprint density at radius 2 is 1.44 bits per heavy atom. The van der Waals surface area contributed by atoms with Crippen molar-refractivity contribution in [1.29, 1.82) is 0 Å². The Morgan fingerprint density at radius 1 is 0.689 bits per heavy atom. The van der Waals surface area contributed by atoms with Gasteiger partial charge in [0.25, 0.3) is 0 Å². The molecule has 0 unspecified atom stereocenters. The number of fused-ring (bicyclic) bond motifs is 3. The SMILES string of the molecule is [2H]C([2H])([2H])c1ccc(-c2[c-]cccc2)nc1.[2H]C([2H])(c1ccnc(-c2[c-]ccc(-c3cc4ccccc4c4ccccc34)c2)c1)C(C)(C)C.[Ir]. The first-order valence-electron chi connectivity index (χ1n) is 17.2. The Balaban J connectivity index is 0.000000241. The average molecular weight is 766 g/mol. The van der Waals surface area contributed by atoms with Crippen molar-refractivity contribution < 1.29 is 27.0 Å². The second-order valence-electron chi connectivity index (χ2n) is 11.7. The van der Waals surface area contributed by atoms with Gasteiger partial charge in [0.1, 0.15) is 0 Å². The van der Waals surface area contributed by atoms with Crippen LogP contribution in [-0.4, -0.2) is 9.97 Å². The molecule has 1 radical (unpaired) electrons. The smallest absolute Gasteiger partial charge is 0.0321 e. The third kappa shape index (κ3) is 7.81. The van der Waals surface area contributed by atoms with Gasteiger partial charge >= 0.3 is 0 Å². The average Bonchev–Trinajstić information content (AvgIpc) is 3.11. The molecular weight excluding hydrogens is 725 g/mol. The first-order chi connectivity index (χ1) is 23.3. The minimum absolute atomic E-state index is 0. The van der Waals surface area contributed by atoms with Crippen LogP contribution < -0.4 is 0 Å². The van der Waals surface area contributed by atoms with E-state index in [1.54, 1.807) is 30.5 Å². The molecule has 0 fully saturated rings. The molecule has 2 nitrogen and oxygen atoms in total. The van der Waals surface area contributed by atoms with E-state index in [-0.39, 0.29) is 25.7 Å². The minimum Gasteiger partial charge on any atom is -0.305 e. The molecule has 45 heavy (non-hydrogen) atoms. The fraction of sp³-hybridized carbons (Fsp3) is 0.143. The quantitative estimate of drug-likeness (QED) is 0.132. The summed E-state index contributed by atoms with van der Waals surface area (Å²) < 4.78 is 39.0. The zero-order chi connectivity index (χ0) is 34.8. The maximum Gasteiger partial charge on any atom is 0.0321 e. The van der Waals surface area contributed by atoms with Gasteiger partial charge in [0.15, 0.2) is 0 Å². The first-order valence-corrected chi connectivity index (χ1v) is 14.7. The number of hydrogen-bond donors (Lipinski definition) is 0. The van der Waals surface area contributed by atoms with Crippen molar-refractivity contribution in [2.45, 2.75) is 34.0 Å². The van der Waals surface area contributed by atoms with Crippen LogP contribution in [0, 0.1) is 24.4 Å². The standard InChI is InChI=1S/C30H26N.C12H10N.Ir/c1-30(2,3)20-21-15-16-31-29(17-21)24-11-8-10-22(18-24)28-19-23-9-4-5-12-25(23)26-13-6-7-14-27(26)28;1-10-7-8-12(13-9-10)11-5-3-2-4-6-11;/h4-10,12-19H,20H2,1-3H3;2-5,7-9H,1H3;/q2*-1;/i20D2;1D3;. The fourth-order valence-corrected chi connectivity index (χ4v) is 5.27. The molecule has 2 aromatic heterocycles. The van der Waals surface area contributed by atoms with Gasteiger partial charge in [0.05, 0.1) is 0 Å². The van der Waals surface area contributed by atoms with E-state index < -0.39 is 18.6 Å². The molecule has 0 atom stereocenters. The van der Waals surface area contributed by atoms with Gasteiger partial charge in [0.2, 0.25) is 0 Å². The van der Waals surface area contributed by atoms with Crippen molar-refractivity contribution >= 4 is 21.5 Å². The summed E-state index contributed by atoms with van der Waals surface area (Å²) in [6, 6.07) is 46.1. The Labute approximate surface area is 287 Å². The van der Waals surface area contributed by atoms with E-state index >= 15 is 0 Å². The van der Waals surface area contributed by atoms with Crippen molar-refractivity contribution in [3.05, 3.63) is 157 Å². The molecule has 0 saturated carbocycles. The van der Waals surface area contributed by atoms with Gasteiger partial charge in [-0.25, -0.2) is 0 Å². The summed E-state index contributed by atoms with van der Waals surface area (Å²) in [5.41, 5.74) is 5.80. The molecule has 0 aliphatic carbocycles. The second kappa shape index (κ2) is 14.1. The van der Waals surface area contributed by atoms with Crippen LogP contribution in [0.15, 0.2) is 134 Å². The Morgan fingerprint density at radius 3 is 2.18 bits per heavy atom. The van der Waals surface area contributed by atoms with E-state index in [2.05, 4.69) is 88.8 Å². The van der Waals surface area contributed by atoms with E-state index in [0.29, 0.717) is 5.56 Å². The topological polar surface area (TPSA) is 25.8 Å². The zero-order valence-electron chi connectivity index (χ0n) is 30.4. The second-order valence-corrected chi connectivity index (χ2v) is 11.7. The molecule has 7 aromatic rings. The summed E-state index contributed by atoms with van der Waals surface area (Å²) in [5, 5.41) is 4.90. The summed E-state index contributed by atoms with van der Waals surface area (Å²) in [7, 11) is 0. The molecule has 5 aromatic carbocycles. The molecule has 2 heterocycles. The molecule has 0 bridgehead atoms. The molecular formula is C42H36IrN2-2. The van der Waals surface area contributed by atoms with Crippen LogP contribution in [-0.2, 0) is 26.5 Å². The summed E-state index contributed by atoms with van der Waals surface area (Å²) in [6.07, 6.45) is 1.61. The van der Waals surface area contributed by atoms with E-state index in [4.69, 9.17) is 6.85 Å². The molecule has 225 valence electrons. The van der Waals surface area contributed by atoms with Crippen LogP contribution in [0.5, 0.6) is 0 Å². The van der Waals surface area contributed by atoms with Gasteiger partial charge in [-0.05, 0) is 74.8 Å². The van der Waals surface area contributed by atoms with Crippen LogP contribution in [0.2, 0.25) is 0 Å². The summed E-state index contributed by atoms with van der Waals surface area (Å²) in [5.74, 6) is 0. The molecule has 3 heteroatoms. The van der Waals surface area contributed by atoms with E-state index in [0.717, 1.165) is 28.1 Å². The monoisotopic (exact) mass is 766 g/mol. The number of aryl methyl sites for hydroxylation is 1. The van der Waals surface area contributed by atoms with Gasteiger partial charge in [-0.3, -0.25) is 0 Å². The molecule has 0 amide bonds. The summed E-state index contributed by atoms with van der Waals surface area (Å²) in [6.45, 7) is 3.67. The van der Waals surface area contributed by atoms with Crippen LogP contribution >= 0.6 is 0 Å². The Kier molecular flexibility index (Phi) is 8.11. The third-order valence-corrected chi connectivity index (χ3v) is 7.18. The fourth-order valence-electron chi connectivity index (χ4n) is 5.27. The first kappa shape index (κ1) is 25.9. The van der Waals surface area contributed by atoms with Gasteiger partial charge in [-0.2, -0.15) is 0 Å². The van der Waals surface area contributed by atoms with E-state index in [1.165, 1.54) is 33.3 Å². The summed E-state index contributed by atoms with van der Waals surface area (Å²) in [4.78, 5) is 8.68. The van der Waals surface area contributed by atoms with Crippen molar-refractivity contribution in [2.75, 3.05) is 0 Å². The van der Waals surface area contributed by atoms with Gasteiger partial charge in [-0.1, -0.05) is 93.1 Å². The summed E-state index contributed by atoms with van der Waals surface area (Å²) >= 11 is 0. The third-order valence-electron chi connectivity index (χ3n) is 7.18. The zero-order valence-corrected chi connectivity index (χ0v) is 27.8. The maximum absolute atomic E-state index is 8.65. The molecule has 0 N–H and O–H groups in total. The van der Waals surface area contributed by atoms with Crippen molar-refractivity contribution in [2.24, 2.45) is 5.41 Å². The molecule has 7 rings (SSSR count).